The average Bonchev–Trinajstić information content (AvgIpc) is 2.75. The summed E-state index contributed by atoms with van der Waals surface area (Å²) in [6.45, 7) is 0.337. The number of fused-ring (bicyclic) bond motifs is 1. The molecular weight excluding hydrogens is 306 g/mol. The first-order valence-electron chi connectivity index (χ1n) is 7.50. The van der Waals surface area contributed by atoms with E-state index in [4.69, 9.17) is 10.00 Å². The summed E-state index contributed by atoms with van der Waals surface area (Å²) in [5.41, 5.74) is 2.21. The molecule has 2 N–H and O–H groups in total. The quantitative estimate of drug-likeness (QED) is 0.908. The lowest BCUT2D eigenvalue weighted by atomic mass is 10.1. The van der Waals surface area contributed by atoms with Crippen molar-refractivity contribution in [1.82, 2.24) is 0 Å². The number of amides is 2. The van der Waals surface area contributed by atoms with Crippen LogP contribution in [0.15, 0.2) is 42.5 Å². The standard InChI is InChI=1S/C18H15N3O3/c19-11-13-3-1-2-4-14(13)20-18(23)10-12-5-6-16-15(9-12)21-17(22)7-8-24-16/h1-6,9H,7-8,10H2,(H,20,23)(H,21,22). The van der Waals surface area contributed by atoms with Gasteiger partial charge in [-0.2, -0.15) is 5.26 Å². The molecule has 0 saturated heterocycles. The van der Waals surface area contributed by atoms with E-state index >= 15 is 0 Å². The van der Waals surface area contributed by atoms with Crippen LogP contribution in [0.2, 0.25) is 0 Å². The fourth-order valence-corrected chi connectivity index (χ4v) is 2.45. The zero-order valence-electron chi connectivity index (χ0n) is 12.8. The van der Waals surface area contributed by atoms with Crippen molar-refractivity contribution >= 4 is 23.2 Å². The molecule has 0 bridgehead atoms. The zero-order valence-corrected chi connectivity index (χ0v) is 12.8. The van der Waals surface area contributed by atoms with Gasteiger partial charge in [-0.15, -0.1) is 0 Å². The van der Waals surface area contributed by atoms with Gasteiger partial charge in [-0.1, -0.05) is 18.2 Å². The Bertz CT molecular complexity index is 840. The van der Waals surface area contributed by atoms with Crippen LogP contribution in [0, 0.1) is 11.3 Å². The van der Waals surface area contributed by atoms with Gasteiger partial charge in [-0.3, -0.25) is 9.59 Å². The van der Waals surface area contributed by atoms with E-state index in [1.54, 1.807) is 42.5 Å². The Balaban J connectivity index is 1.73. The summed E-state index contributed by atoms with van der Waals surface area (Å²) in [5, 5.41) is 14.5. The van der Waals surface area contributed by atoms with Gasteiger partial charge < -0.3 is 15.4 Å². The molecule has 6 heteroatoms. The average molecular weight is 321 g/mol. The molecule has 0 aromatic heterocycles. The van der Waals surface area contributed by atoms with Crippen molar-refractivity contribution < 1.29 is 14.3 Å². The zero-order chi connectivity index (χ0) is 16.9. The summed E-state index contributed by atoms with van der Waals surface area (Å²) in [4.78, 5) is 23.8. The van der Waals surface area contributed by atoms with Crippen LogP contribution in [0.25, 0.3) is 0 Å². The monoisotopic (exact) mass is 321 g/mol. The highest BCUT2D eigenvalue weighted by molar-refractivity contribution is 5.95. The minimum atomic E-state index is -0.237. The van der Waals surface area contributed by atoms with E-state index in [9.17, 15) is 9.59 Å². The molecule has 0 saturated carbocycles. The molecule has 3 rings (SSSR count). The Morgan fingerprint density at radius 3 is 2.96 bits per heavy atom. The number of hydrogen-bond acceptors (Lipinski definition) is 4. The molecule has 0 atom stereocenters. The fourth-order valence-electron chi connectivity index (χ4n) is 2.45. The summed E-state index contributed by atoms with van der Waals surface area (Å²) >= 11 is 0. The molecule has 0 radical (unpaired) electrons. The number of para-hydroxylation sites is 1. The van der Waals surface area contributed by atoms with Crippen LogP contribution in [-0.4, -0.2) is 18.4 Å². The number of carbonyl (C=O) groups excluding carboxylic acids is 2. The second-order valence-electron chi connectivity index (χ2n) is 5.36. The highest BCUT2D eigenvalue weighted by Gasteiger charge is 2.15. The normalized spacial score (nSPS) is 12.9. The summed E-state index contributed by atoms with van der Waals surface area (Å²) in [5.74, 6) is 0.247. The highest BCUT2D eigenvalue weighted by atomic mass is 16.5. The molecule has 2 aromatic rings. The number of carbonyl (C=O) groups is 2. The van der Waals surface area contributed by atoms with Crippen molar-refractivity contribution in [2.24, 2.45) is 0 Å². The number of benzene rings is 2. The van der Waals surface area contributed by atoms with E-state index < -0.39 is 0 Å². The van der Waals surface area contributed by atoms with Gasteiger partial charge in [0.25, 0.3) is 0 Å². The fraction of sp³-hybridized carbons (Fsp3) is 0.167. The van der Waals surface area contributed by atoms with Gasteiger partial charge in [-0.05, 0) is 29.8 Å². The molecule has 1 aliphatic rings. The van der Waals surface area contributed by atoms with E-state index in [1.165, 1.54) is 0 Å². The third-order valence-corrected chi connectivity index (χ3v) is 3.59. The van der Waals surface area contributed by atoms with Gasteiger partial charge >= 0.3 is 0 Å². The van der Waals surface area contributed by atoms with Crippen molar-refractivity contribution in [2.45, 2.75) is 12.8 Å². The molecule has 1 aliphatic heterocycles. The molecule has 2 aromatic carbocycles. The summed E-state index contributed by atoms with van der Waals surface area (Å²) in [7, 11) is 0. The minimum Gasteiger partial charge on any atom is -0.491 e. The third kappa shape index (κ3) is 3.52. The molecule has 0 aliphatic carbocycles. The predicted octanol–water partition coefficient (Wildman–Crippen LogP) is 2.46. The molecule has 0 unspecified atom stereocenters. The van der Waals surface area contributed by atoms with Crippen LogP contribution in [0.4, 0.5) is 11.4 Å². The Hall–Kier alpha value is -3.33. The predicted molar refractivity (Wildman–Crippen MR) is 88.7 cm³/mol. The van der Waals surface area contributed by atoms with Gasteiger partial charge in [0.2, 0.25) is 11.8 Å². The van der Waals surface area contributed by atoms with Crippen LogP contribution in [-0.2, 0) is 16.0 Å². The Morgan fingerprint density at radius 1 is 1.29 bits per heavy atom. The number of ether oxygens (including phenoxy) is 1. The SMILES string of the molecule is N#Cc1ccccc1NC(=O)Cc1ccc2c(c1)NC(=O)CCO2. The van der Waals surface area contributed by atoms with Crippen molar-refractivity contribution in [2.75, 3.05) is 17.2 Å². The molecule has 1 heterocycles. The maximum Gasteiger partial charge on any atom is 0.228 e. The third-order valence-electron chi connectivity index (χ3n) is 3.59. The maximum absolute atomic E-state index is 12.2. The molecule has 2 amide bonds. The molecule has 120 valence electrons. The molecule has 24 heavy (non-hydrogen) atoms. The smallest absolute Gasteiger partial charge is 0.228 e. The molecular formula is C18H15N3O3. The van der Waals surface area contributed by atoms with Gasteiger partial charge in [-0.25, -0.2) is 0 Å². The second-order valence-corrected chi connectivity index (χ2v) is 5.36. The van der Waals surface area contributed by atoms with E-state index in [1.807, 2.05) is 6.07 Å². The van der Waals surface area contributed by atoms with E-state index in [0.717, 1.165) is 5.56 Å². The van der Waals surface area contributed by atoms with Crippen LogP contribution in [0.5, 0.6) is 5.75 Å². The van der Waals surface area contributed by atoms with Crippen molar-refractivity contribution in [3.05, 3.63) is 53.6 Å². The molecule has 6 nitrogen and oxygen atoms in total. The van der Waals surface area contributed by atoms with Gasteiger partial charge in [0.1, 0.15) is 11.8 Å². The number of anilines is 2. The van der Waals surface area contributed by atoms with E-state index in [0.29, 0.717) is 35.7 Å². The van der Waals surface area contributed by atoms with Crippen LogP contribution >= 0.6 is 0 Å². The Labute approximate surface area is 139 Å². The second kappa shape index (κ2) is 6.84. The lowest BCUT2D eigenvalue weighted by molar-refractivity contribution is -0.116. The largest absolute Gasteiger partial charge is 0.491 e. The first-order valence-corrected chi connectivity index (χ1v) is 7.50. The molecule has 0 fully saturated rings. The maximum atomic E-state index is 12.2. The Morgan fingerprint density at radius 2 is 2.12 bits per heavy atom. The van der Waals surface area contributed by atoms with Crippen LogP contribution in [0.3, 0.4) is 0 Å². The molecule has 0 spiro atoms. The number of rotatable bonds is 3. The summed E-state index contributed by atoms with van der Waals surface area (Å²) in [6.07, 6.45) is 0.429. The van der Waals surface area contributed by atoms with Crippen molar-refractivity contribution in [1.29, 1.82) is 5.26 Å². The van der Waals surface area contributed by atoms with Crippen LogP contribution in [0.1, 0.15) is 17.5 Å². The van der Waals surface area contributed by atoms with Gasteiger partial charge in [0.05, 0.1) is 36.4 Å². The van der Waals surface area contributed by atoms with Crippen molar-refractivity contribution in [3.8, 4) is 11.8 Å². The number of nitriles is 1. The van der Waals surface area contributed by atoms with Gasteiger partial charge in [0.15, 0.2) is 0 Å². The van der Waals surface area contributed by atoms with E-state index in [-0.39, 0.29) is 18.2 Å². The van der Waals surface area contributed by atoms with Crippen molar-refractivity contribution in [3.63, 3.8) is 0 Å². The lowest BCUT2D eigenvalue weighted by Gasteiger charge is -2.10. The number of nitrogens with zero attached hydrogens (tertiary/aromatic N) is 1. The number of hydrogen-bond donors (Lipinski definition) is 2. The first kappa shape index (κ1) is 15.6. The highest BCUT2D eigenvalue weighted by Crippen LogP contribution is 2.28. The van der Waals surface area contributed by atoms with E-state index in [2.05, 4.69) is 10.6 Å². The lowest BCUT2D eigenvalue weighted by Crippen LogP contribution is -2.15. The van der Waals surface area contributed by atoms with Crippen LogP contribution < -0.4 is 15.4 Å². The summed E-state index contributed by atoms with van der Waals surface area (Å²) in [6, 6.07) is 14.1. The topological polar surface area (TPSA) is 91.2 Å². The van der Waals surface area contributed by atoms with Gasteiger partial charge in [0, 0.05) is 0 Å². The minimum absolute atomic E-state index is 0.113. The number of nitrogens with one attached hydrogen (secondary N) is 2. The Kier molecular flexibility index (Phi) is 4.43. The summed E-state index contributed by atoms with van der Waals surface area (Å²) < 4.78 is 5.48. The first-order chi connectivity index (χ1) is 11.7.